The van der Waals surface area contributed by atoms with Crippen molar-refractivity contribution in [1.29, 1.82) is 0 Å². The first-order chi connectivity index (χ1) is 10.3. The number of hydrogen-bond acceptors (Lipinski definition) is 3. The van der Waals surface area contributed by atoms with Gasteiger partial charge in [-0.25, -0.2) is 12.7 Å². The number of allylic oxidation sites excluding steroid dienone is 2. The van der Waals surface area contributed by atoms with E-state index in [0.29, 0.717) is 11.4 Å². The molecule has 4 nitrogen and oxygen atoms in total. The maximum absolute atomic E-state index is 12.4. The van der Waals surface area contributed by atoms with Gasteiger partial charge in [-0.3, -0.25) is 4.98 Å². The number of aromatic nitrogens is 1. The molecule has 0 radical (unpaired) electrons. The van der Waals surface area contributed by atoms with Crippen LogP contribution >= 0.6 is 15.9 Å². The molecule has 2 aromatic rings. The number of rotatable bonds is 4. The minimum absolute atomic E-state index is 0.304. The average Bonchev–Trinajstić information content (AvgIpc) is 2.51. The van der Waals surface area contributed by atoms with Crippen LogP contribution in [0.15, 0.2) is 39.8 Å². The van der Waals surface area contributed by atoms with Crippen LogP contribution in [0.3, 0.4) is 0 Å². The van der Waals surface area contributed by atoms with Crippen molar-refractivity contribution in [2.75, 3.05) is 13.6 Å². The smallest absolute Gasteiger partial charge is 0.242 e. The van der Waals surface area contributed by atoms with Gasteiger partial charge in [0.05, 0.1) is 10.6 Å². The molecule has 0 amide bonds. The van der Waals surface area contributed by atoms with Crippen LogP contribution in [-0.4, -0.2) is 31.3 Å². The van der Waals surface area contributed by atoms with Crippen molar-refractivity contribution in [3.63, 3.8) is 0 Å². The molecule has 0 unspecified atom stereocenters. The van der Waals surface area contributed by atoms with E-state index in [1.807, 2.05) is 32.9 Å². The Hall–Kier alpha value is -1.24. The van der Waals surface area contributed by atoms with E-state index in [0.717, 1.165) is 26.5 Å². The highest BCUT2D eigenvalue weighted by Gasteiger charge is 2.20. The minimum atomic E-state index is -3.44. The van der Waals surface area contributed by atoms with Crippen LogP contribution in [0.4, 0.5) is 0 Å². The number of pyridine rings is 1. The van der Waals surface area contributed by atoms with Crippen molar-refractivity contribution in [3.8, 4) is 0 Å². The van der Waals surface area contributed by atoms with Gasteiger partial charge in [0.25, 0.3) is 0 Å². The van der Waals surface area contributed by atoms with E-state index >= 15 is 0 Å². The molecule has 0 aliphatic heterocycles. The van der Waals surface area contributed by atoms with Gasteiger partial charge in [-0.1, -0.05) is 28.9 Å². The molecule has 1 aromatic carbocycles. The molecule has 0 saturated heterocycles. The Kier molecular flexibility index (Phi) is 5.04. The average molecular weight is 383 g/mol. The van der Waals surface area contributed by atoms with Gasteiger partial charge in [0.15, 0.2) is 0 Å². The molecular formula is C16H19BrN2O2S. The molecular weight excluding hydrogens is 364 g/mol. The van der Waals surface area contributed by atoms with Crippen LogP contribution in [-0.2, 0) is 10.0 Å². The number of hydrogen-bond donors (Lipinski definition) is 0. The molecule has 118 valence electrons. The highest BCUT2D eigenvalue weighted by atomic mass is 79.9. The predicted molar refractivity (Wildman–Crippen MR) is 94.4 cm³/mol. The number of fused-ring (bicyclic) bond motifs is 1. The molecule has 0 aliphatic rings. The zero-order valence-corrected chi connectivity index (χ0v) is 15.5. The summed E-state index contributed by atoms with van der Waals surface area (Å²) in [6.45, 7) is 6.20. The lowest BCUT2D eigenvalue weighted by molar-refractivity contribution is 0.486. The van der Waals surface area contributed by atoms with Crippen molar-refractivity contribution >= 4 is 42.3 Å². The van der Waals surface area contributed by atoms with Crippen molar-refractivity contribution in [3.05, 3.63) is 40.6 Å². The van der Waals surface area contributed by atoms with E-state index in [1.165, 1.54) is 4.31 Å². The number of sulfonamides is 1. The van der Waals surface area contributed by atoms with Gasteiger partial charge in [-0.2, -0.15) is 0 Å². The summed E-state index contributed by atoms with van der Waals surface area (Å²) in [5.41, 5.74) is 1.89. The molecule has 0 aliphatic carbocycles. The fourth-order valence-corrected chi connectivity index (χ4v) is 3.53. The second-order valence-electron chi connectivity index (χ2n) is 5.12. The zero-order valence-electron chi connectivity index (χ0n) is 13.1. The molecule has 0 bridgehead atoms. The van der Waals surface area contributed by atoms with Crippen LogP contribution in [0.5, 0.6) is 0 Å². The van der Waals surface area contributed by atoms with Crippen LogP contribution in [0, 0.1) is 0 Å². The normalized spacial score (nSPS) is 13.5. The Balaban J connectivity index is 2.67. The SMILES string of the molecule is CCN(C)S(=O)(=O)c1ccc2c(C(C)=C(C)Br)nccc2c1. The summed E-state index contributed by atoms with van der Waals surface area (Å²) in [6.07, 6.45) is 1.71. The molecule has 1 heterocycles. The maximum Gasteiger partial charge on any atom is 0.242 e. The molecule has 2 rings (SSSR count). The standard InChI is InChI=1S/C16H19BrN2O2S/c1-5-19(4)22(20,21)14-6-7-15-13(10-14)8-9-18-16(15)11(2)12(3)17/h6-10H,5H2,1-4H3. The third-order valence-corrected chi connectivity index (χ3v) is 6.28. The Morgan fingerprint density at radius 3 is 2.55 bits per heavy atom. The molecule has 0 atom stereocenters. The Labute approximate surface area is 140 Å². The molecule has 0 fully saturated rings. The van der Waals surface area contributed by atoms with Crippen molar-refractivity contribution in [2.45, 2.75) is 25.7 Å². The molecule has 6 heteroatoms. The lowest BCUT2D eigenvalue weighted by atomic mass is 10.1. The number of halogens is 1. The first-order valence-corrected chi connectivity index (χ1v) is 9.20. The molecule has 1 aromatic heterocycles. The summed E-state index contributed by atoms with van der Waals surface area (Å²) >= 11 is 3.47. The highest BCUT2D eigenvalue weighted by molar-refractivity contribution is 9.11. The van der Waals surface area contributed by atoms with Crippen LogP contribution in [0.1, 0.15) is 26.5 Å². The minimum Gasteiger partial charge on any atom is -0.256 e. The zero-order chi connectivity index (χ0) is 16.5. The molecule has 22 heavy (non-hydrogen) atoms. The molecule has 0 saturated carbocycles. The monoisotopic (exact) mass is 382 g/mol. The lowest BCUT2D eigenvalue weighted by Gasteiger charge is -2.15. The predicted octanol–water partition coefficient (Wildman–Crippen LogP) is 4.02. The fraction of sp³-hybridized carbons (Fsp3) is 0.312. The van der Waals surface area contributed by atoms with E-state index < -0.39 is 10.0 Å². The number of nitrogens with zero attached hydrogens (tertiary/aromatic N) is 2. The second-order valence-corrected chi connectivity index (χ2v) is 8.35. The lowest BCUT2D eigenvalue weighted by Crippen LogP contribution is -2.26. The second kappa shape index (κ2) is 6.48. The van der Waals surface area contributed by atoms with Crippen LogP contribution in [0.2, 0.25) is 0 Å². The van der Waals surface area contributed by atoms with Crippen molar-refractivity contribution < 1.29 is 8.42 Å². The van der Waals surface area contributed by atoms with Gasteiger partial charge in [0.2, 0.25) is 10.0 Å². The maximum atomic E-state index is 12.4. The summed E-state index contributed by atoms with van der Waals surface area (Å²) in [4.78, 5) is 4.73. The first kappa shape index (κ1) is 17.1. The summed E-state index contributed by atoms with van der Waals surface area (Å²) in [6, 6.07) is 7.01. The van der Waals surface area contributed by atoms with E-state index in [4.69, 9.17) is 0 Å². The largest absolute Gasteiger partial charge is 0.256 e. The topological polar surface area (TPSA) is 50.3 Å². The fourth-order valence-electron chi connectivity index (χ4n) is 2.13. The van der Waals surface area contributed by atoms with E-state index in [1.54, 1.807) is 25.4 Å². The van der Waals surface area contributed by atoms with E-state index in [-0.39, 0.29) is 0 Å². The van der Waals surface area contributed by atoms with Gasteiger partial charge in [-0.15, -0.1) is 0 Å². The summed E-state index contributed by atoms with van der Waals surface area (Å²) in [5, 5.41) is 1.81. The highest BCUT2D eigenvalue weighted by Crippen LogP contribution is 2.29. The van der Waals surface area contributed by atoms with Gasteiger partial charge in [-0.05, 0) is 47.5 Å². The molecule has 0 spiro atoms. The van der Waals surface area contributed by atoms with Crippen LogP contribution < -0.4 is 0 Å². The third-order valence-electron chi connectivity index (χ3n) is 3.76. The van der Waals surface area contributed by atoms with E-state index in [9.17, 15) is 8.42 Å². The van der Waals surface area contributed by atoms with Gasteiger partial charge >= 0.3 is 0 Å². The Bertz CT molecular complexity index is 840. The van der Waals surface area contributed by atoms with Crippen molar-refractivity contribution in [2.24, 2.45) is 0 Å². The Morgan fingerprint density at radius 1 is 1.27 bits per heavy atom. The van der Waals surface area contributed by atoms with Crippen LogP contribution in [0.25, 0.3) is 16.3 Å². The van der Waals surface area contributed by atoms with Crippen molar-refractivity contribution in [1.82, 2.24) is 9.29 Å². The summed E-state index contributed by atoms with van der Waals surface area (Å²) in [5.74, 6) is 0. The Morgan fingerprint density at radius 2 is 1.95 bits per heavy atom. The third kappa shape index (κ3) is 3.09. The van der Waals surface area contributed by atoms with Gasteiger partial charge in [0, 0.05) is 25.2 Å². The number of benzene rings is 1. The van der Waals surface area contributed by atoms with Gasteiger partial charge < -0.3 is 0 Å². The summed E-state index contributed by atoms with van der Waals surface area (Å²) in [7, 11) is -1.86. The first-order valence-electron chi connectivity index (χ1n) is 6.97. The summed E-state index contributed by atoms with van der Waals surface area (Å²) < 4.78 is 27.2. The molecule has 0 N–H and O–H groups in total. The van der Waals surface area contributed by atoms with E-state index in [2.05, 4.69) is 20.9 Å². The van der Waals surface area contributed by atoms with Gasteiger partial charge in [0.1, 0.15) is 0 Å². The quantitative estimate of drug-likeness (QED) is 0.801.